The summed E-state index contributed by atoms with van der Waals surface area (Å²) in [4.78, 5) is 13.4. The molecule has 2 aromatic carbocycles. The van der Waals surface area contributed by atoms with Gasteiger partial charge in [-0.3, -0.25) is 9.69 Å². The van der Waals surface area contributed by atoms with Crippen molar-refractivity contribution in [2.45, 2.75) is 12.6 Å². The monoisotopic (exact) mass is 290 g/mol. The van der Waals surface area contributed by atoms with Gasteiger partial charge in [0.05, 0.1) is 0 Å². The van der Waals surface area contributed by atoms with Gasteiger partial charge in [-0.25, -0.2) is 8.78 Å². The van der Waals surface area contributed by atoms with Gasteiger partial charge in [0.25, 0.3) is 0 Å². The zero-order valence-electron chi connectivity index (χ0n) is 11.6. The Morgan fingerprint density at radius 3 is 2.38 bits per heavy atom. The van der Waals surface area contributed by atoms with Crippen LogP contribution in [0.5, 0.6) is 0 Å². The smallest absolute Gasteiger partial charge is 0.239 e. The van der Waals surface area contributed by atoms with E-state index in [1.54, 1.807) is 24.1 Å². The van der Waals surface area contributed by atoms with Gasteiger partial charge in [0.1, 0.15) is 6.04 Å². The molecule has 0 aliphatic carbocycles. The highest BCUT2D eigenvalue weighted by Gasteiger charge is 2.22. The minimum absolute atomic E-state index is 0.277. The quantitative estimate of drug-likeness (QED) is 0.920. The average Bonchev–Trinajstić information content (AvgIpc) is 2.44. The number of hydrogen-bond donors (Lipinski definition) is 1. The van der Waals surface area contributed by atoms with Crippen LogP contribution in [0.4, 0.5) is 8.78 Å². The van der Waals surface area contributed by atoms with Crippen LogP contribution >= 0.6 is 0 Å². The molecule has 2 N–H and O–H groups in total. The predicted octanol–water partition coefficient (Wildman–Crippen LogP) is 2.62. The number of nitrogens with zero attached hydrogens (tertiary/aromatic N) is 1. The summed E-state index contributed by atoms with van der Waals surface area (Å²) in [5, 5.41) is 0. The molecule has 0 aliphatic rings. The molecule has 0 saturated heterocycles. The molecule has 0 saturated carbocycles. The van der Waals surface area contributed by atoms with Crippen molar-refractivity contribution < 1.29 is 13.6 Å². The number of halogens is 2. The molecule has 0 heterocycles. The molecule has 3 nitrogen and oxygen atoms in total. The fourth-order valence-electron chi connectivity index (χ4n) is 2.29. The molecule has 2 aromatic rings. The lowest BCUT2D eigenvalue weighted by Crippen LogP contribution is -2.35. The molecule has 1 atom stereocenters. The highest BCUT2D eigenvalue weighted by Crippen LogP contribution is 2.21. The van der Waals surface area contributed by atoms with E-state index >= 15 is 0 Å². The van der Waals surface area contributed by atoms with Gasteiger partial charge >= 0.3 is 0 Å². The standard InChI is InChI=1S/C16H16F2N2O/c1-20(10-11-7-8-13(17)14(18)9-11)15(16(19)21)12-5-3-2-4-6-12/h2-9,15H,10H2,1H3,(H2,19,21)/t15-/m1/s1. The summed E-state index contributed by atoms with van der Waals surface area (Å²) in [6, 6.07) is 12.1. The van der Waals surface area contributed by atoms with Crippen molar-refractivity contribution >= 4 is 5.91 Å². The molecule has 1 amide bonds. The van der Waals surface area contributed by atoms with Crippen LogP contribution in [-0.2, 0) is 11.3 Å². The van der Waals surface area contributed by atoms with Crippen molar-refractivity contribution in [1.82, 2.24) is 4.90 Å². The van der Waals surface area contributed by atoms with Crippen molar-refractivity contribution in [2.24, 2.45) is 5.73 Å². The maximum atomic E-state index is 13.2. The van der Waals surface area contributed by atoms with Crippen LogP contribution in [-0.4, -0.2) is 17.9 Å². The third-order valence-corrected chi connectivity index (χ3v) is 3.24. The second-order valence-corrected chi connectivity index (χ2v) is 4.88. The molecule has 0 radical (unpaired) electrons. The van der Waals surface area contributed by atoms with Crippen LogP contribution < -0.4 is 5.73 Å². The summed E-state index contributed by atoms with van der Waals surface area (Å²) in [6.07, 6.45) is 0. The van der Waals surface area contributed by atoms with Gasteiger partial charge in [0, 0.05) is 6.54 Å². The number of hydrogen-bond acceptors (Lipinski definition) is 2. The van der Waals surface area contributed by atoms with Gasteiger partial charge in [-0.1, -0.05) is 36.4 Å². The highest BCUT2D eigenvalue weighted by atomic mass is 19.2. The molecule has 0 bridgehead atoms. The molecule has 21 heavy (non-hydrogen) atoms. The first-order valence-electron chi connectivity index (χ1n) is 6.47. The summed E-state index contributed by atoms with van der Waals surface area (Å²) < 4.78 is 26.2. The lowest BCUT2D eigenvalue weighted by Gasteiger charge is -2.26. The third kappa shape index (κ3) is 3.64. The summed E-state index contributed by atoms with van der Waals surface area (Å²) in [7, 11) is 1.71. The summed E-state index contributed by atoms with van der Waals surface area (Å²) in [5.74, 6) is -2.29. The normalized spacial score (nSPS) is 12.4. The van der Waals surface area contributed by atoms with Crippen molar-refractivity contribution in [3.05, 3.63) is 71.3 Å². The molecule has 110 valence electrons. The topological polar surface area (TPSA) is 46.3 Å². The van der Waals surface area contributed by atoms with E-state index in [4.69, 9.17) is 5.73 Å². The van der Waals surface area contributed by atoms with Gasteiger partial charge in [-0.05, 0) is 30.3 Å². The molecule has 0 unspecified atom stereocenters. The molecular weight excluding hydrogens is 274 g/mol. The summed E-state index contributed by atoms with van der Waals surface area (Å²) >= 11 is 0. The fourth-order valence-corrected chi connectivity index (χ4v) is 2.29. The summed E-state index contributed by atoms with van der Waals surface area (Å²) in [6.45, 7) is 0.277. The third-order valence-electron chi connectivity index (χ3n) is 3.24. The minimum Gasteiger partial charge on any atom is -0.368 e. The van der Waals surface area contributed by atoms with Crippen LogP contribution in [0.3, 0.4) is 0 Å². The maximum absolute atomic E-state index is 13.2. The molecule has 0 fully saturated rings. The Balaban J connectivity index is 2.21. The Morgan fingerprint density at radius 1 is 1.14 bits per heavy atom. The van der Waals surface area contributed by atoms with Gasteiger partial charge in [-0.2, -0.15) is 0 Å². The van der Waals surface area contributed by atoms with Crippen LogP contribution in [0.15, 0.2) is 48.5 Å². The Bertz CT molecular complexity index is 631. The number of likely N-dealkylation sites (N-methyl/N-ethyl adjacent to an activating group) is 1. The SMILES string of the molecule is CN(Cc1ccc(F)c(F)c1)[C@@H](C(N)=O)c1ccccc1. The lowest BCUT2D eigenvalue weighted by molar-refractivity contribution is -0.123. The van der Waals surface area contributed by atoms with Gasteiger partial charge in [0.15, 0.2) is 11.6 Å². The van der Waals surface area contributed by atoms with Crippen molar-refractivity contribution in [3.8, 4) is 0 Å². The van der Waals surface area contributed by atoms with E-state index < -0.39 is 23.6 Å². The summed E-state index contributed by atoms with van der Waals surface area (Å²) in [5.41, 5.74) is 6.79. The fraction of sp³-hybridized carbons (Fsp3) is 0.188. The average molecular weight is 290 g/mol. The number of amides is 1. The van der Waals surface area contributed by atoms with E-state index in [1.165, 1.54) is 6.07 Å². The number of primary amides is 1. The number of benzene rings is 2. The molecule has 0 aliphatic heterocycles. The molecule has 0 spiro atoms. The first kappa shape index (κ1) is 15.1. The number of carbonyl (C=O) groups excluding carboxylic acids is 1. The van der Waals surface area contributed by atoms with E-state index in [1.807, 2.05) is 18.2 Å². The van der Waals surface area contributed by atoms with E-state index in [9.17, 15) is 13.6 Å². The first-order valence-corrected chi connectivity index (χ1v) is 6.47. The predicted molar refractivity (Wildman–Crippen MR) is 76.2 cm³/mol. The lowest BCUT2D eigenvalue weighted by atomic mass is 10.0. The Labute approximate surface area is 122 Å². The van der Waals surface area contributed by atoms with E-state index in [-0.39, 0.29) is 6.54 Å². The van der Waals surface area contributed by atoms with Crippen LogP contribution in [0.1, 0.15) is 17.2 Å². The Kier molecular flexibility index (Phi) is 4.65. The van der Waals surface area contributed by atoms with Gasteiger partial charge in [-0.15, -0.1) is 0 Å². The van der Waals surface area contributed by atoms with Crippen molar-refractivity contribution in [3.63, 3.8) is 0 Å². The minimum atomic E-state index is -0.906. The first-order chi connectivity index (χ1) is 9.99. The molecule has 5 heteroatoms. The van der Waals surface area contributed by atoms with Crippen LogP contribution in [0.25, 0.3) is 0 Å². The highest BCUT2D eigenvalue weighted by molar-refractivity contribution is 5.81. The number of nitrogens with two attached hydrogens (primary N) is 1. The largest absolute Gasteiger partial charge is 0.368 e. The molecular formula is C16H16F2N2O. The second kappa shape index (κ2) is 6.45. The molecule has 0 aromatic heterocycles. The zero-order valence-corrected chi connectivity index (χ0v) is 11.6. The Morgan fingerprint density at radius 2 is 1.81 bits per heavy atom. The van der Waals surface area contributed by atoms with Crippen molar-refractivity contribution in [2.75, 3.05) is 7.05 Å². The van der Waals surface area contributed by atoms with E-state index in [0.717, 1.165) is 17.7 Å². The van der Waals surface area contributed by atoms with E-state index in [0.29, 0.717) is 5.56 Å². The maximum Gasteiger partial charge on any atom is 0.239 e. The van der Waals surface area contributed by atoms with Gasteiger partial charge < -0.3 is 5.73 Å². The van der Waals surface area contributed by atoms with Crippen molar-refractivity contribution in [1.29, 1.82) is 0 Å². The zero-order chi connectivity index (χ0) is 15.4. The number of carbonyl (C=O) groups is 1. The van der Waals surface area contributed by atoms with Crippen LogP contribution in [0.2, 0.25) is 0 Å². The Hall–Kier alpha value is -2.27. The van der Waals surface area contributed by atoms with E-state index in [2.05, 4.69) is 0 Å². The van der Waals surface area contributed by atoms with Gasteiger partial charge in [0.2, 0.25) is 5.91 Å². The molecule has 2 rings (SSSR count). The second-order valence-electron chi connectivity index (χ2n) is 4.88. The number of rotatable bonds is 5. The van der Waals surface area contributed by atoms with Crippen LogP contribution in [0, 0.1) is 11.6 Å².